The van der Waals surface area contributed by atoms with Crippen molar-refractivity contribution in [2.24, 2.45) is 5.92 Å². The Morgan fingerprint density at radius 3 is 2.36 bits per heavy atom. The van der Waals surface area contributed by atoms with Crippen LogP contribution in [0.15, 0.2) is 54.6 Å². The molecule has 1 amide bonds. The summed E-state index contributed by atoms with van der Waals surface area (Å²) >= 11 is 0. The molecule has 0 spiro atoms. The molecule has 1 heterocycles. The van der Waals surface area contributed by atoms with Crippen molar-refractivity contribution in [2.75, 3.05) is 41.8 Å². The largest absolute Gasteiger partial charge is 0.372 e. The second-order valence-electron chi connectivity index (χ2n) is 6.96. The molecule has 3 rings (SSSR count). The fourth-order valence-corrected chi connectivity index (χ4v) is 3.21. The molecule has 1 fully saturated rings. The van der Waals surface area contributed by atoms with Gasteiger partial charge < -0.3 is 15.1 Å². The number of hydrogen-bond donors (Lipinski definition) is 1. The Balaban J connectivity index is 1.53. The van der Waals surface area contributed by atoms with Crippen molar-refractivity contribution in [2.45, 2.75) is 19.8 Å². The molecule has 25 heavy (non-hydrogen) atoms. The molecule has 132 valence electrons. The van der Waals surface area contributed by atoms with E-state index in [0.717, 1.165) is 30.4 Å². The zero-order chi connectivity index (χ0) is 17.6. The van der Waals surface area contributed by atoms with Crippen LogP contribution in [0.4, 0.5) is 17.1 Å². The Kier molecular flexibility index (Phi) is 5.59. The van der Waals surface area contributed by atoms with E-state index in [4.69, 9.17) is 0 Å². The summed E-state index contributed by atoms with van der Waals surface area (Å²) in [7, 11) is 1.93. The van der Waals surface area contributed by atoms with Crippen molar-refractivity contribution in [3.8, 4) is 0 Å². The van der Waals surface area contributed by atoms with Gasteiger partial charge in [-0.15, -0.1) is 0 Å². The van der Waals surface area contributed by atoms with Gasteiger partial charge in [-0.1, -0.05) is 25.1 Å². The van der Waals surface area contributed by atoms with Gasteiger partial charge in [-0.05, 0) is 55.2 Å². The Bertz CT molecular complexity index is 676. The first-order valence-corrected chi connectivity index (χ1v) is 9.03. The average Bonchev–Trinajstić information content (AvgIpc) is 2.64. The van der Waals surface area contributed by atoms with Crippen LogP contribution >= 0.6 is 0 Å². The minimum atomic E-state index is -0.00843. The SMILES string of the molecule is CC1CCN(c2ccc(NC(=O)CN(C)c3ccccc3)cc2)CC1. The summed E-state index contributed by atoms with van der Waals surface area (Å²) in [6.07, 6.45) is 2.51. The number of para-hydroxylation sites is 1. The summed E-state index contributed by atoms with van der Waals surface area (Å²) in [5.74, 6) is 0.822. The van der Waals surface area contributed by atoms with Crippen LogP contribution in [-0.4, -0.2) is 32.6 Å². The van der Waals surface area contributed by atoms with Crippen molar-refractivity contribution >= 4 is 23.0 Å². The lowest BCUT2D eigenvalue weighted by Gasteiger charge is -2.32. The van der Waals surface area contributed by atoms with Gasteiger partial charge >= 0.3 is 0 Å². The van der Waals surface area contributed by atoms with E-state index in [2.05, 4.69) is 29.3 Å². The summed E-state index contributed by atoms with van der Waals surface area (Å²) in [6.45, 7) is 4.89. The van der Waals surface area contributed by atoms with Gasteiger partial charge in [0, 0.05) is 37.2 Å². The third kappa shape index (κ3) is 4.75. The van der Waals surface area contributed by atoms with Gasteiger partial charge in [-0.2, -0.15) is 0 Å². The maximum atomic E-state index is 12.3. The Hall–Kier alpha value is -2.49. The van der Waals surface area contributed by atoms with Crippen LogP contribution in [0.25, 0.3) is 0 Å². The molecule has 0 aromatic heterocycles. The molecule has 2 aromatic rings. The van der Waals surface area contributed by atoms with Crippen molar-refractivity contribution in [3.63, 3.8) is 0 Å². The second-order valence-corrected chi connectivity index (χ2v) is 6.96. The van der Waals surface area contributed by atoms with E-state index in [1.165, 1.54) is 18.5 Å². The predicted molar refractivity (Wildman–Crippen MR) is 105 cm³/mol. The molecule has 0 aliphatic carbocycles. The number of amides is 1. The molecular formula is C21H27N3O. The molecule has 0 unspecified atom stereocenters. The first-order chi connectivity index (χ1) is 12.1. The van der Waals surface area contributed by atoms with E-state index in [-0.39, 0.29) is 5.91 Å². The fourth-order valence-electron chi connectivity index (χ4n) is 3.21. The van der Waals surface area contributed by atoms with Crippen molar-refractivity contribution in [3.05, 3.63) is 54.6 Å². The third-order valence-corrected chi connectivity index (χ3v) is 4.88. The van der Waals surface area contributed by atoms with Crippen molar-refractivity contribution in [1.29, 1.82) is 0 Å². The summed E-state index contributed by atoms with van der Waals surface area (Å²) in [4.78, 5) is 16.6. The number of nitrogens with zero attached hydrogens (tertiary/aromatic N) is 2. The topological polar surface area (TPSA) is 35.6 Å². The molecule has 2 aromatic carbocycles. The van der Waals surface area contributed by atoms with Crippen LogP contribution in [0.1, 0.15) is 19.8 Å². The fraction of sp³-hybridized carbons (Fsp3) is 0.381. The number of benzene rings is 2. The Morgan fingerprint density at radius 2 is 1.72 bits per heavy atom. The maximum Gasteiger partial charge on any atom is 0.243 e. The number of anilines is 3. The molecule has 0 saturated carbocycles. The number of rotatable bonds is 5. The van der Waals surface area contributed by atoms with E-state index < -0.39 is 0 Å². The Morgan fingerprint density at radius 1 is 1.08 bits per heavy atom. The first-order valence-electron chi connectivity index (χ1n) is 9.03. The number of likely N-dealkylation sites (N-methyl/N-ethyl adjacent to an activating group) is 1. The van der Waals surface area contributed by atoms with E-state index >= 15 is 0 Å². The van der Waals surface area contributed by atoms with Crippen molar-refractivity contribution < 1.29 is 4.79 Å². The van der Waals surface area contributed by atoms with Crippen LogP contribution in [-0.2, 0) is 4.79 Å². The zero-order valence-electron chi connectivity index (χ0n) is 15.1. The monoisotopic (exact) mass is 337 g/mol. The van der Waals surface area contributed by atoms with Crippen molar-refractivity contribution in [1.82, 2.24) is 0 Å². The lowest BCUT2D eigenvalue weighted by molar-refractivity contribution is -0.114. The van der Waals surface area contributed by atoms with E-state index in [9.17, 15) is 4.79 Å². The highest BCUT2D eigenvalue weighted by molar-refractivity contribution is 5.94. The molecule has 1 aliphatic rings. The van der Waals surface area contributed by atoms with E-state index in [0.29, 0.717) is 6.54 Å². The summed E-state index contributed by atoms with van der Waals surface area (Å²) in [6, 6.07) is 18.1. The van der Waals surface area contributed by atoms with Crippen LogP contribution in [0, 0.1) is 5.92 Å². The predicted octanol–water partition coefficient (Wildman–Crippen LogP) is 4.00. The van der Waals surface area contributed by atoms with Crippen LogP contribution in [0.5, 0.6) is 0 Å². The quantitative estimate of drug-likeness (QED) is 0.896. The second kappa shape index (κ2) is 8.06. The highest BCUT2D eigenvalue weighted by atomic mass is 16.2. The highest BCUT2D eigenvalue weighted by Gasteiger charge is 2.16. The summed E-state index contributed by atoms with van der Waals surface area (Å²) in [5, 5.41) is 2.98. The van der Waals surface area contributed by atoms with Crippen LogP contribution < -0.4 is 15.1 Å². The highest BCUT2D eigenvalue weighted by Crippen LogP contribution is 2.24. The number of hydrogen-bond acceptors (Lipinski definition) is 3. The Labute approximate surface area is 150 Å². The number of carbonyl (C=O) groups excluding carboxylic acids is 1. The van der Waals surface area contributed by atoms with Gasteiger partial charge in [0.1, 0.15) is 0 Å². The molecule has 1 saturated heterocycles. The van der Waals surface area contributed by atoms with E-state index in [1.54, 1.807) is 0 Å². The lowest BCUT2D eigenvalue weighted by atomic mass is 9.99. The molecule has 0 atom stereocenters. The molecule has 0 bridgehead atoms. The summed E-state index contributed by atoms with van der Waals surface area (Å²) in [5.41, 5.74) is 3.12. The molecule has 0 radical (unpaired) electrons. The van der Waals surface area contributed by atoms with Crippen LogP contribution in [0.3, 0.4) is 0 Å². The standard InChI is InChI=1S/C21H27N3O/c1-17-12-14-24(15-13-17)20-10-8-18(9-11-20)22-21(25)16-23(2)19-6-4-3-5-7-19/h3-11,17H,12-16H2,1-2H3,(H,22,25). The molecule has 4 nitrogen and oxygen atoms in total. The normalized spacial score (nSPS) is 15.0. The number of carbonyl (C=O) groups is 1. The summed E-state index contributed by atoms with van der Waals surface area (Å²) < 4.78 is 0. The minimum absolute atomic E-state index is 0.00843. The third-order valence-electron chi connectivity index (χ3n) is 4.88. The minimum Gasteiger partial charge on any atom is -0.372 e. The van der Waals surface area contributed by atoms with Gasteiger partial charge in [0.05, 0.1) is 6.54 Å². The van der Waals surface area contributed by atoms with E-state index in [1.807, 2.05) is 54.4 Å². The van der Waals surface area contributed by atoms with Gasteiger partial charge in [0.15, 0.2) is 0 Å². The van der Waals surface area contributed by atoms with Crippen LogP contribution in [0.2, 0.25) is 0 Å². The molecular weight excluding hydrogens is 310 g/mol. The zero-order valence-corrected chi connectivity index (χ0v) is 15.1. The smallest absolute Gasteiger partial charge is 0.243 e. The van der Waals surface area contributed by atoms with Gasteiger partial charge in [-0.25, -0.2) is 0 Å². The lowest BCUT2D eigenvalue weighted by Crippen LogP contribution is -2.32. The molecule has 1 aliphatic heterocycles. The first kappa shape index (κ1) is 17.3. The number of nitrogens with one attached hydrogen (secondary N) is 1. The molecule has 4 heteroatoms. The average molecular weight is 337 g/mol. The number of piperidine rings is 1. The van der Waals surface area contributed by atoms with Gasteiger partial charge in [0.2, 0.25) is 5.91 Å². The maximum absolute atomic E-state index is 12.3. The molecule has 1 N–H and O–H groups in total. The van der Waals surface area contributed by atoms with Gasteiger partial charge in [0.25, 0.3) is 0 Å². The van der Waals surface area contributed by atoms with Gasteiger partial charge in [-0.3, -0.25) is 4.79 Å².